The lowest BCUT2D eigenvalue weighted by Gasteiger charge is -2.22. The van der Waals surface area contributed by atoms with Gasteiger partial charge >= 0.3 is 11.7 Å². The van der Waals surface area contributed by atoms with Gasteiger partial charge in [0, 0.05) is 49.1 Å². The number of carbonyl (C=O) groups excluding carboxylic acids is 2. The van der Waals surface area contributed by atoms with Gasteiger partial charge in [-0.3, -0.25) is 25.0 Å². The number of likely N-dealkylation sites (N-methyl/N-ethyl adjacent to an activating group) is 1. The lowest BCUT2D eigenvalue weighted by molar-refractivity contribution is -0.119. The number of aliphatic imine (C=N–C) groups is 1. The maximum atomic E-state index is 12.5. The Morgan fingerprint density at radius 3 is 2.42 bits per heavy atom. The van der Waals surface area contributed by atoms with Crippen LogP contribution in [0.5, 0.6) is 17.8 Å². The molecular formula is C35H39ClN8O6. The highest BCUT2D eigenvalue weighted by Crippen LogP contribution is 2.32. The van der Waals surface area contributed by atoms with Crippen molar-refractivity contribution in [2.24, 2.45) is 4.99 Å². The summed E-state index contributed by atoms with van der Waals surface area (Å²) in [6.45, 7) is 5.60. The van der Waals surface area contributed by atoms with Crippen LogP contribution in [0.15, 0.2) is 58.6 Å². The summed E-state index contributed by atoms with van der Waals surface area (Å²) in [5, 5.41) is 9.12. The van der Waals surface area contributed by atoms with Gasteiger partial charge in [-0.15, -0.1) is 0 Å². The van der Waals surface area contributed by atoms with Crippen molar-refractivity contribution >= 4 is 46.2 Å². The Hall–Kier alpha value is -5.63. The molecule has 0 fully saturated rings. The highest BCUT2D eigenvalue weighted by molar-refractivity contribution is 6.32. The average Bonchev–Trinajstić information content (AvgIpc) is 3.20. The van der Waals surface area contributed by atoms with Gasteiger partial charge in [-0.1, -0.05) is 30.2 Å². The third-order valence-corrected chi connectivity index (χ3v) is 8.05. The largest absolute Gasteiger partial charge is 0.482 e. The molecule has 2 N–H and O–H groups in total. The number of carbonyl (C=O) groups is 2. The Kier molecular flexibility index (Phi) is 12.0. The van der Waals surface area contributed by atoms with E-state index >= 15 is 0 Å². The van der Waals surface area contributed by atoms with Crippen molar-refractivity contribution in [1.29, 1.82) is 5.41 Å². The minimum atomic E-state index is -0.571. The second-order valence-electron chi connectivity index (χ2n) is 11.2. The zero-order valence-electron chi connectivity index (χ0n) is 29.1. The van der Waals surface area contributed by atoms with E-state index in [0.717, 1.165) is 12.0 Å². The minimum Gasteiger partial charge on any atom is -0.482 e. The number of H-pyrrole nitrogens is 1. The number of methoxy groups -OCH3 is 3. The lowest BCUT2D eigenvalue weighted by Crippen LogP contribution is -2.32. The van der Waals surface area contributed by atoms with Gasteiger partial charge in [-0.2, -0.15) is 4.98 Å². The molecule has 1 aliphatic rings. The summed E-state index contributed by atoms with van der Waals surface area (Å²) >= 11 is 6.18. The zero-order chi connectivity index (χ0) is 36.7. The molecule has 0 saturated carbocycles. The summed E-state index contributed by atoms with van der Waals surface area (Å²) in [6, 6.07) is 10.4. The molecule has 4 aromatic rings. The number of nitrogens with zero attached hydrogens (tertiary/aromatic N) is 6. The summed E-state index contributed by atoms with van der Waals surface area (Å²) in [7, 11) is 7.80. The number of benzene rings is 2. The number of amides is 2. The van der Waals surface area contributed by atoms with Crippen LogP contribution in [-0.2, 0) is 9.59 Å². The monoisotopic (exact) mass is 702 g/mol. The van der Waals surface area contributed by atoms with Crippen LogP contribution in [0.2, 0.25) is 5.02 Å². The van der Waals surface area contributed by atoms with Crippen LogP contribution in [0, 0.1) is 12.3 Å². The van der Waals surface area contributed by atoms with Gasteiger partial charge in [0.05, 0.1) is 55.3 Å². The second-order valence-corrected chi connectivity index (χ2v) is 11.7. The van der Waals surface area contributed by atoms with Crippen molar-refractivity contribution in [3.8, 4) is 17.8 Å². The molecule has 15 heteroatoms. The van der Waals surface area contributed by atoms with E-state index in [-0.39, 0.29) is 29.4 Å². The number of aromatic amines is 1. The van der Waals surface area contributed by atoms with E-state index in [4.69, 9.17) is 31.2 Å². The first-order chi connectivity index (χ1) is 23.8. The Labute approximate surface area is 294 Å². The predicted octanol–water partition coefficient (Wildman–Crippen LogP) is 4.62. The third-order valence-electron chi connectivity index (χ3n) is 7.82. The average molecular weight is 703 g/mol. The Balaban J connectivity index is 0.000000225. The second kappa shape index (κ2) is 16.2. The third kappa shape index (κ3) is 7.97. The molecule has 2 aromatic heterocycles. The normalized spacial score (nSPS) is 13.6. The standard InChI is InChI=1S/C18H22N4O3.C17H17ClN4O3/c1-5-6-15(23)22(3)14-8-7-11(2)9-12(14)16(19)13-10-20-18(24)21-17(13)25-4;1-9-16(23)22(2)13-6-5-10(18)7-11(13)14(20-9)12-8-19-17(25-4)21-15(12)24-3/h7-10,19H,5-6H2,1-4H3,(H,20,21,24);5-9H,1-4H3. The molecule has 2 amide bonds. The van der Waals surface area contributed by atoms with E-state index in [2.05, 4.69) is 24.9 Å². The van der Waals surface area contributed by atoms with Crippen LogP contribution < -0.4 is 29.7 Å². The van der Waals surface area contributed by atoms with E-state index in [9.17, 15) is 14.4 Å². The highest BCUT2D eigenvalue weighted by Gasteiger charge is 2.29. The molecule has 14 nitrogen and oxygen atoms in total. The van der Waals surface area contributed by atoms with Crippen LogP contribution in [0.1, 0.15) is 54.5 Å². The fourth-order valence-corrected chi connectivity index (χ4v) is 5.38. The molecule has 0 saturated heterocycles. The minimum absolute atomic E-state index is 0.0213. The van der Waals surface area contributed by atoms with Crippen molar-refractivity contribution in [1.82, 2.24) is 19.9 Å². The number of benzodiazepines with no additional fused rings is 1. The Morgan fingerprint density at radius 2 is 1.76 bits per heavy atom. The summed E-state index contributed by atoms with van der Waals surface area (Å²) in [6.07, 6.45) is 4.05. The number of rotatable bonds is 9. The molecule has 5 rings (SSSR count). The number of fused-ring (bicyclic) bond motifs is 1. The SMILES string of the molecule is CCCC(=O)N(C)c1ccc(C)cc1C(=N)c1cnc(=O)[nH]c1OC.COc1ncc(C2=NC(C)C(=O)N(C)c3ccc(Cl)cc32)c(OC)n1. The van der Waals surface area contributed by atoms with Gasteiger partial charge in [0.15, 0.2) is 0 Å². The molecule has 0 spiro atoms. The molecular weight excluding hydrogens is 664 g/mol. The molecule has 1 unspecified atom stereocenters. The van der Waals surface area contributed by atoms with Crippen molar-refractivity contribution in [3.05, 3.63) is 92.1 Å². The fourth-order valence-electron chi connectivity index (χ4n) is 5.21. The quantitative estimate of drug-likeness (QED) is 0.236. The van der Waals surface area contributed by atoms with E-state index in [1.165, 1.54) is 27.5 Å². The summed E-state index contributed by atoms with van der Waals surface area (Å²) in [5.41, 5.74) is 4.59. The number of nitrogens with one attached hydrogen (secondary N) is 2. The number of ether oxygens (including phenoxy) is 3. The smallest absolute Gasteiger partial charge is 0.347 e. The van der Waals surface area contributed by atoms with E-state index in [0.29, 0.717) is 56.7 Å². The first-order valence-electron chi connectivity index (χ1n) is 15.6. The van der Waals surface area contributed by atoms with E-state index < -0.39 is 11.7 Å². The molecule has 0 aliphatic carbocycles. The van der Waals surface area contributed by atoms with Crippen molar-refractivity contribution in [2.75, 3.05) is 45.2 Å². The summed E-state index contributed by atoms with van der Waals surface area (Å²) < 4.78 is 15.6. The molecule has 3 heterocycles. The first kappa shape index (κ1) is 37.2. The van der Waals surface area contributed by atoms with Crippen molar-refractivity contribution < 1.29 is 23.8 Å². The number of hydrogen-bond donors (Lipinski definition) is 2. The van der Waals surface area contributed by atoms with Crippen LogP contribution in [0.25, 0.3) is 0 Å². The topological polar surface area (TPSA) is 176 Å². The van der Waals surface area contributed by atoms with E-state index in [1.54, 1.807) is 55.2 Å². The van der Waals surface area contributed by atoms with Crippen molar-refractivity contribution in [3.63, 3.8) is 0 Å². The number of halogens is 1. The highest BCUT2D eigenvalue weighted by atomic mass is 35.5. The first-order valence-corrected chi connectivity index (χ1v) is 15.9. The Bertz CT molecular complexity index is 2010. The van der Waals surface area contributed by atoms with Crippen molar-refractivity contribution in [2.45, 2.75) is 39.7 Å². The lowest BCUT2D eigenvalue weighted by atomic mass is 9.99. The van der Waals surface area contributed by atoms with Crippen LogP contribution in [-0.4, -0.2) is 84.6 Å². The predicted molar refractivity (Wildman–Crippen MR) is 192 cm³/mol. The van der Waals surface area contributed by atoms with Gasteiger partial charge in [0.1, 0.15) is 6.04 Å². The van der Waals surface area contributed by atoms with Gasteiger partial charge in [-0.25, -0.2) is 14.8 Å². The van der Waals surface area contributed by atoms with Crippen LogP contribution >= 0.6 is 11.6 Å². The maximum Gasteiger partial charge on any atom is 0.347 e. The molecule has 1 aliphatic heterocycles. The Morgan fingerprint density at radius 1 is 1.02 bits per heavy atom. The molecule has 1 atom stereocenters. The zero-order valence-corrected chi connectivity index (χ0v) is 29.9. The number of anilines is 2. The summed E-state index contributed by atoms with van der Waals surface area (Å²) in [4.78, 5) is 58.4. The summed E-state index contributed by atoms with van der Waals surface area (Å²) in [5.74, 6) is 0.333. The van der Waals surface area contributed by atoms with Gasteiger partial charge in [0.2, 0.25) is 17.7 Å². The maximum absolute atomic E-state index is 12.5. The van der Waals surface area contributed by atoms with Gasteiger partial charge in [-0.05, 0) is 50.6 Å². The van der Waals surface area contributed by atoms with Crippen LogP contribution in [0.3, 0.4) is 0 Å². The van der Waals surface area contributed by atoms with Gasteiger partial charge in [0.25, 0.3) is 5.91 Å². The molecule has 0 radical (unpaired) electrons. The number of aryl methyl sites for hydroxylation is 1. The number of aromatic nitrogens is 4. The van der Waals surface area contributed by atoms with Gasteiger partial charge < -0.3 is 24.0 Å². The molecule has 262 valence electrons. The molecule has 50 heavy (non-hydrogen) atoms. The van der Waals surface area contributed by atoms with Crippen LogP contribution in [0.4, 0.5) is 11.4 Å². The fraction of sp³-hybridized carbons (Fsp3) is 0.314. The molecule has 2 aromatic carbocycles. The van der Waals surface area contributed by atoms with E-state index in [1.807, 2.05) is 32.0 Å². The molecule has 0 bridgehead atoms. The number of hydrogen-bond acceptors (Lipinski definition) is 11.